The molecule has 0 spiro atoms. The van der Waals surface area contributed by atoms with E-state index in [9.17, 15) is 4.79 Å². The van der Waals surface area contributed by atoms with Crippen LogP contribution < -0.4 is 10.1 Å². The van der Waals surface area contributed by atoms with Crippen LogP contribution in [0, 0.1) is 6.92 Å². The van der Waals surface area contributed by atoms with Crippen molar-refractivity contribution in [2.75, 3.05) is 12.4 Å². The van der Waals surface area contributed by atoms with Gasteiger partial charge < -0.3 is 14.5 Å². The average molecular weight is 358 g/mol. The second-order valence-electron chi connectivity index (χ2n) is 6.18. The van der Waals surface area contributed by atoms with Crippen molar-refractivity contribution in [3.05, 3.63) is 77.9 Å². The highest BCUT2D eigenvalue weighted by atomic mass is 16.5. The monoisotopic (exact) mass is 358 g/mol. The van der Waals surface area contributed by atoms with E-state index in [2.05, 4.69) is 10.3 Å². The Balaban J connectivity index is 1.63. The molecule has 0 aliphatic heterocycles. The van der Waals surface area contributed by atoms with E-state index in [1.807, 2.05) is 67.6 Å². The van der Waals surface area contributed by atoms with Crippen LogP contribution in [0.3, 0.4) is 0 Å². The lowest BCUT2D eigenvalue weighted by Gasteiger charge is -2.11. The number of fused-ring (bicyclic) bond motifs is 1. The van der Waals surface area contributed by atoms with Gasteiger partial charge >= 0.3 is 0 Å². The third-order valence-electron chi connectivity index (χ3n) is 4.32. The number of methoxy groups -OCH3 is 1. The van der Waals surface area contributed by atoms with Crippen LogP contribution in [0.4, 0.5) is 5.69 Å². The van der Waals surface area contributed by atoms with Crippen LogP contribution in [0.5, 0.6) is 5.75 Å². The molecule has 0 bridgehead atoms. The zero-order chi connectivity index (χ0) is 18.8. The molecule has 0 saturated heterocycles. The summed E-state index contributed by atoms with van der Waals surface area (Å²) in [5.41, 5.74) is 4.37. The van der Waals surface area contributed by atoms with Crippen molar-refractivity contribution in [3.8, 4) is 17.2 Å². The number of aromatic nitrogens is 1. The molecule has 0 aliphatic rings. The van der Waals surface area contributed by atoms with Crippen LogP contribution in [0.15, 0.2) is 71.1 Å². The van der Waals surface area contributed by atoms with Gasteiger partial charge in [0.2, 0.25) is 5.89 Å². The Bertz CT molecular complexity index is 1100. The molecule has 0 unspecified atom stereocenters. The molecule has 27 heavy (non-hydrogen) atoms. The van der Waals surface area contributed by atoms with Crippen molar-refractivity contribution in [1.82, 2.24) is 4.98 Å². The van der Waals surface area contributed by atoms with Crippen molar-refractivity contribution in [2.24, 2.45) is 0 Å². The number of rotatable bonds is 4. The predicted octanol–water partition coefficient (Wildman–Crippen LogP) is 5.06. The normalized spacial score (nSPS) is 10.7. The fourth-order valence-corrected chi connectivity index (χ4v) is 3.03. The molecule has 5 nitrogen and oxygen atoms in total. The number of oxazole rings is 1. The first-order valence-corrected chi connectivity index (χ1v) is 8.56. The number of nitrogens with zero attached hydrogens (tertiary/aromatic N) is 1. The number of carbonyl (C=O) groups is 1. The molecule has 4 aromatic rings. The molecule has 0 aliphatic carbocycles. The summed E-state index contributed by atoms with van der Waals surface area (Å²) >= 11 is 0. The molecule has 134 valence electrons. The van der Waals surface area contributed by atoms with E-state index in [-0.39, 0.29) is 5.91 Å². The molecule has 0 radical (unpaired) electrons. The lowest BCUT2D eigenvalue weighted by Crippen LogP contribution is -2.13. The number of benzene rings is 3. The van der Waals surface area contributed by atoms with Gasteiger partial charge in [0.1, 0.15) is 11.3 Å². The molecule has 1 N–H and O–H groups in total. The standard InChI is InChI=1S/C22H18N2O3/c1-14-7-5-10-17(20(14)26-2)21(25)23-16-9-6-8-15(13-16)22-24-18-11-3-4-12-19(18)27-22/h3-13H,1-2H3,(H,23,25). The summed E-state index contributed by atoms with van der Waals surface area (Å²) in [6.07, 6.45) is 0. The zero-order valence-electron chi connectivity index (χ0n) is 15.0. The van der Waals surface area contributed by atoms with E-state index < -0.39 is 0 Å². The maximum Gasteiger partial charge on any atom is 0.259 e. The number of ether oxygens (including phenoxy) is 1. The highest BCUT2D eigenvalue weighted by Gasteiger charge is 2.15. The smallest absolute Gasteiger partial charge is 0.259 e. The van der Waals surface area contributed by atoms with Crippen molar-refractivity contribution in [3.63, 3.8) is 0 Å². The Hall–Kier alpha value is -3.60. The van der Waals surface area contributed by atoms with Crippen LogP contribution in [0.2, 0.25) is 0 Å². The molecule has 3 aromatic carbocycles. The average Bonchev–Trinajstić information content (AvgIpc) is 3.12. The first kappa shape index (κ1) is 16.8. The van der Waals surface area contributed by atoms with Gasteiger partial charge in [-0.15, -0.1) is 0 Å². The lowest BCUT2D eigenvalue weighted by atomic mass is 10.1. The predicted molar refractivity (Wildman–Crippen MR) is 105 cm³/mol. The number of nitrogens with one attached hydrogen (secondary N) is 1. The SMILES string of the molecule is COc1c(C)cccc1C(=O)Nc1cccc(-c2nc3ccccc3o2)c1. The van der Waals surface area contributed by atoms with Gasteiger partial charge in [0, 0.05) is 11.3 Å². The summed E-state index contributed by atoms with van der Waals surface area (Å²) in [6, 6.07) is 20.5. The molecule has 1 heterocycles. The molecule has 1 aromatic heterocycles. The van der Waals surface area contributed by atoms with Gasteiger partial charge in [-0.3, -0.25) is 4.79 Å². The van der Waals surface area contributed by atoms with Crippen molar-refractivity contribution >= 4 is 22.7 Å². The maximum absolute atomic E-state index is 12.7. The molecule has 0 saturated carbocycles. The van der Waals surface area contributed by atoms with Crippen LogP contribution >= 0.6 is 0 Å². The number of anilines is 1. The third-order valence-corrected chi connectivity index (χ3v) is 4.32. The summed E-state index contributed by atoms with van der Waals surface area (Å²) in [5, 5.41) is 2.92. The van der Waals surface area contributed by atoms with Gasteiger partial charge in [-0.1, -0.05) is 30.3 Å². The van der Waals surface area contributed by atoms with Gasteiger partial charge in [0.05, 0.1) is 12.7 Å². The quantitative estimate of drug-likeness (QED) is 0.553. The highest BCUT2D eigenvalue weighted by Crippen LogP contribution is 2.27. The van der Waals surface area contributed by atoms with Gasteiger partial charge in [0.15, 0.2) is 5.58 Å². The van der Waals surface area contributed by atoms with Crippen molar-refractivity contribution in [2.45, 2.75) is 6.92 Å². The summed E-state index contributed by atoms with van der Waals surface area (Å²) < 4.78 is 11.2. The number of carbonyl (C=O) groups excluding carboxylic acids is 1. The Labute approximate surface area is 156 Å². The van der Waals surface area contributed by atoms with Crippen LogP contribution in [0.1, 0.15) is 15.9 Å². The van der Waals surface area contributed by atoms with Gasteiger partial charge in [-0.2, -0.15) is 0 Å². The molecule has 4 rings (SSSR count). The van der Waals surface area contributed by atoms with Crippen LogP contribution in [-0.4, -0.2) is 18.0 Å². The van der Waals surface area contributed by atoms with Gasteiger partial charge in [0.25, 0.3) is 5.91 Å². The lowest BCUT2D eigenvalue weighted by molar-refractivity contribution is 0.102. The number of aryl methyl sites for hydroxylation is 1. The molecule has 0 fully saturated rings. The number of amides is 1. The molecule has 5 heteroatoms. The van der Waals surface area contributed by atoms with E-state index in [4.69, 9.17) is 9.15 Å². The van der Waals surface area contributed by atoms with Gasteiger partial charge in [-0.25, -0.2) is 4.98 Å². The topological polar surface area (TPSA) is 64.4 Å². The zero-order valence-corrected chi connectivity index (χ0v) is 15.0. The minimum atomic E-state index is -0.231. The Morgan fingerprint density at radius 1 is 1.04 bits per heavy atom. The van der Waals surface area contributed by atoms with E-state index in [0.29, 0.717) is 22.9 Å². The molecular formula is C22H18N2O3. The molecular weight excluding hydrogens is 340 g/mol. The Kier molecular flexibility index (Phi) is 4.34. The second kappa shape index (κ2) is 6.96. The molecule has 0 atom stereocenters. The van der Waals surface area contributed by atoms with Crippen molar-refractivity contribution < 1.29 is 13.9 Å². The number of para-hydroxylation sites is 3. The largest absolute Gasteiger partial charge is 0.496 e. The third kappa shape index (κ3) is 3.27. The van der Waals surface area contributed by atoms with Crippen molar-refractivity contribution in [1.29, 1.82) is 0 Å². The summed E-state index contributed by atoms with van der Waals surface area (Å²) in [5.74, 6) is 0.857. The highest BCUT2D eigenvalue weighted by molar-refractivity contribution is 6.06. The second-order valence-corrected chi connectivity index (χ2v) is 6.18. The first-order chi connectivity index (χ1) is 13.2. The van der Waals surface area contributed by atoms with Crippen LogP contribution in [-0.2, 0) is 0 Å². The van der Waals surface area contributed by atoms with E-state index >= 15 is 0 Å². The Morgan fingerprint density at radius 2 is 1.85 bits per heavy atom. The maximum atomic E-state index is 12.7. The number of hydrogen-bond donors (Lipinski definition) is 1. The van der Waals surface area contributed by atoms with Gasteiger partial charge in [-0.05, 0) is 48.9 Å². The Morgan fingerprint density at radius 3 is 2.67 bits per heavy atom. The van der Waals surface area contributed by atoms with E-state index in [1.54, 1.807) is 13.2 Å². The first-order valence-electron chi connectivity index (χ1n) is 8.56. The number of hydrogen-bond acceptors (Lipinski definition) is 4. The molecule has 1 amide bonds. The fraction of sp³-hybridized carbons (Fsp3) is 0.0909. The summed E-state index contributed by atoms with van der Waals surface area (Å²) in [7, 11) is 1.56. The minimum absolute atomic E-state index is 0.231. The summed E-state index contributed by atoms with van der Waals surface area (Å²) in [6.45, 7) is 1.91. The van der Waals surface area contributed by atoms with Crippen LogP contribution in [0.25, 0.3) is 22.6 Å². The van der Waals surface area contributed by atoms with E-state index in [1.165, 1.54) is 0 Å². The fourth-order valence-electron chi connectivity index (χ4n) is 3.03. The minimum Gasteiger partial charge on any atom is -0.496 e. The summed E-state index contributed by atoms with van der Waals surface area (Å²) in [4.78, 5) is 17.2. The van der Waals surface area contributed by atoms with E-state index in [0.717, 1.165) is 22.2 Å².